The molecular weight excluding hydrogens is 330 g/mol. The van der Waals surface area contributed by atoms with Gasteiger partial charge in [0.15, 0.2) is 5.76 Å². The van der Waals surface area contributed by atoms with Crippen molar-refractivity contribution in [1.29, 1.82) is 0 Å². The molecule has 1 heterocycles. The van der Waals surface area contributed by atoms with Gasteiger partial charge in [-0.15, -0.1) is 12.4 Å². The number of nitrogens with one attached hydrogen (secondary N) is 2. The maximum Gasteiger partial charge on any atom is 0.287 e. The Kier molecular flexibility index (Phi) is 9.34. The molecule has 0 saturated carbocycles. The van der Waals surface area contributed by atoms with E-state index in [2.05, 4.69) is 17.0 Å². The molecule has 0 radical (unpaired) electrons. The van der Waals surface area contributed by atoms with Crippen molar-refractivity contribution in [2.75, 3.05) is 12.8 Å². The number of hydrogen-bond donors (Lipinski definition) is 3. The summed E-state index contributed by atoms with van der Waals surface area (Å²) in [4.78, 5) is 12.0. The largest absolute Gasteiger partial charge is 0.455 e. The van der Waals surface area contributed by atoms with Crippen LogP contribution in [0.4, 0.5) is 0 Å². The van der Waals surface area contributed by atoms with E-state index in [0.717, 1.165) is 25.5 Å². The van der Waals surface area contributed by atoms with Gasteiger partial charge in [0.1, 0.15) is 5.76 Å². The number of halogens is 1. The van der Waals surface area contributed by atoms with E-state index in [1.54, 1.807) is 6.07 Å². The van der Waals surface area contributed by atoms with Gasteiger partial charge in [0, 0.05) is 12.6 Å². The van der Waals surface area contributed by atoms with Crippen molar-refractivity contribution >= 4 is 28.3 Å². The first-order valence-electron chi connectivity index (χ1n) is 6.90. The fraction of sp³-hybridized carbons (Fsp3) is 0.615. The molecule has 0 bridgehead atoms. The number of hydrogen-bond acceptors (Lipinski definition) is 5. The molecule has 1 amide bonds. The summed E-state index contributed by atoms with van der Waals surface area (Å²) < 4.78 is 29.6. The lowest BCUT2D eigenvalue weighted by molar-refractivity contribution is 0.0906. The lowest BCUT2D eigenvalue weighted by Gasteiger charge is -2.15. The number of unbranched alkanes of at least 4 members (excludes halogenated alkanes) is 1. The van der Waals surface area contributed by atoms with Crippen LogP contribution in [-0.2, 0) is 16.6 Å². The number of nitrogens with two attached hydrogens (primary N) is 1. The summed E-state index contributed by atoms with van der Waals surface area (Å²) >= 11 is 0. The normalized spacial score (nSPS) is 12.5. The fourth-order valence-electron chi connectivity index (χ4n) is 1.75. The molecule has 0 aliphatic carbocycles. The average molecular weight is 354 g/mol. The average Bonchev–Trinajstić information content (AvgIpc) is 2.89. The molecule has 0 aliphatic rings. The number of rotatable bonds is 9. The Morgan fingerprint density at radius 1 is 1.41 bits per heavy atom. The number of furan rings is 1. The van der Waals surface area contributed by atoms with Crippen molar-refractivity contribution in [2.24, 2.45) is 5.73 Å². The van der Waals surface area contributed by atoms with E-state index >= 15 is 0 Å². The minimum absolute atomic E-state index is 0. The summed E-state index contributed by atoms with van der Waals surface area (Å²) in [5, 5.41) is 2.81. The van der Waals surface area contributed by atoms with E-state index in [1.807, 2.05) is 0 Å². The van der Waals surface area contributed by atoms with Gasteiger partial charge in [-0.3, -0.25) is 4.79 Å². The molecule has 0 saturated heterocycles. The first kappa shape index (κ1) is 20.9. The van der Waals surface area contributed by atoms with Crippen LogP contribution in [-0.4, -0.2) is 33.2 Å². The van der Waals surface area contributed by atoms with Gasteiger partial charge < -0.3 is 15.5 Å². The molecular formula is C13H24ClN3O4S. The first-order chi connectivity index (χ1) is 9.85. The third kappa shape index (κ3) is 7.79. The van der Waals surface area contributed by atoms with Crippen LogP contribution >= 0.6 is 12.4 Å². The second-order valence-electron chi connectivity index (χ2n) is 4.91. The van der Waals surface area contributed by atoms with Crippen LogP contribution in [0, 0.1) is 0 Å². The summed E-state index contributed by atoms with van der Waals surface area (Å²) in [6.45, 7) is 2.46. The molecule has 0 fully saturated rings. The second kappa shape index (κ2) is 9.83. The van der Waals surface area contributed by atoms with Gasteiger partial charge in [-0.25, -0.2) is 13.1 Å². The molecule has 9 heteroatoms. The van der Waals surface area contributed by atoms with E-state index in [9.17, 15) is 13.2 Å². The Hall–Kier alpha value is -1.09. The summed E-state index contributed by atoms with van der Waals surface area (Å²) in [7, 11) is -3.29. The quantitative estimate of drug-likeness (QED) is 0.612. The van der Waals surface area contributed by atoms with Gasteiger partial charge in [-0.1, -0.05) is 19.8 Å². The molecule has 128 valence electrons. The number of sulfonamides is 1. The van der Waals surface area contributed by atoms with Gasteiger partial charge in [0.05, 0.1) is 12.8 Å². The standard InChI is InChI=1S/C13H23N3O4S.ClH/c1-3-4-5-10(8-14)16-13(17)12-7-6-11(20-12)9-15-21(2,18)19;/h6-7,10,15H,3-5,8-9,14H2,1-2H3,(H,16,17);1H. The van der Waals surface area contributed by atoms with Crippen molar-refractivity contribution in [3.05, 3.63) is 23.7 Å². The van der Waals surface area contributed by atoms with E-state index in [1.165, 1.54) is 6.07 Å². The zero-order valence-electron chi connectivity index (χ0n) is 12.8. The van der Waals surface area contributed by atoms with E-state index in [4.69, 9.17) is 10.2 Å². The maximum absolute atomic E-state index is 12.0. The highest BCUT2D eigenvalue weighted by Crippen LogP contribution is 2.09. The predicted molar refractivity (Wildman–Crippen MR) is 87.5 cm³/mol. The minimum Gasteiger partial charge on any atom is -0.455 e. The highest BCUT2D eigenvalue weighted by molar-refractivity contribution is 7.88. The van der Waals surface area contributed by atoms with Crippen LogP contribution in [0.3, 0.4) is 0 Å². The predicted octanol–water partition coefficient (Wildman–Crippen LogP) is 0.998. The fourth-order valence-corrected chi connectivity index (χ4v) is 2.16. The van der Waals surface area contributed by atoms with E-state index in [0.29, 0.717) is 12.3 Å². The molecule has 0 aromatic carbocycles. The van der Waals surface area contributed by atoms with Crippen molar-refractivity contribution < 1.29 is 17.6 Å². The smallest absolute Gasteiger partial charge is 0.287 e. The SMILES string of the molecule is CCCCC(CN)NC(=O)c1ccc(CNS(C)(=O)=O)o1.Cl. The minimum atomic E-state index is -3.29. The Morgan fingerprint density at radius 2 is 2.09 bits per heavy atom. The van der Waals surface area contributed by atoms with Gasteiger partial charge in [-0.2, -0.15) is 0 Å². The van der Waals surface area contributed by atoms with Crippen molar-refractivity contribution in [1.82, 2.24) is 10.0 Å². The molecule has 4 N–H and O–H groups in total. The topological polar surface area (TPSA) is 114 Å². The third-order valence-electron chi connectivity index (χ3n) is 2.92. The molecule has 1 unspecified atom stereocenters. The van der Waals surface area contributed by atoms with Gasteiger partial charge in [0.2, 0.25) is 10.0 Å². The number of amides is 1. The molecule has 1 atom stereocenters. The third-order valence-corrected chi connectivity index (χ3v) is 3.59. The van der Waals surface area contributed by atoms with Crippen molar-refractivity contribution in [2.45, 2.75) is 38.8 Å². The maximum atomic E-state index is 12.0. The molecule has 0 spiro atoms. The van der Waals surface area contributed by atoms with Crippen LogP contribution in [0.2, 0.25) is 0 Å². The lowest BCUT2D eigenvalue weighted by atomic mass is 10.1. The van der Waals surface area contributed by atoms with Crippen LogP contribution in [0.15, 0.2) is 16.5 Å². The Labute approximate surface area is 137 Å². The molecule has 1 aromatic rings. The molecule has 7 nitrogen and oxygen atoms in total. The summed E-state index contributed by atoms with van der Waals surface area (Å²) in [5.41, 5.74) is 5.62. The van der Waals surface area contributed by atoms with Crippen LogP contribution in [0.5, 0.6) is 0 Å². The number of carbonyl (C=O) groups excluding carboxylic acids is 1. The van der Waals surface area contributed by atoms with Crippen molar-refractivity contribution in [3.8, 4) is 0 Å². The zero-order chi connectivity index (χ0) is 15.9. The van der Waals surface area contributed by atoms with Crippen LogP contribution < -0.4 is 15.8 Å². The Balaban J connectivity index is 0.00000441. The lowest BCUT2D eigenvalue weighted by Crippen LogP contribution is -2.40. The molecule has 1 aromatic heterocycles. The molecule has 0 aliphatic heterocycles. The molecule has 1 rings (SSSR count). The van der Waals surface area contributed by atoms with Crippen molar-refractivity contribution in [3.63, 3.8) is 0 Å². The Morgan fingerprint density at radius 3 is 2.64 bits per heavy atom. The highest BCUT2D eigenvalue weighted by Gasteiger charge is 2.15. The van der Waals surface area contributed by atoms with Gasteiger partial charge in [-0.05, 0) is 18.6 Å². The van der Waals surface area contributed by atoms with Gasteiger partial charge in [0.25, 0.3) is 5.91 Å². The van der Waals surface area contributed by atoms with Crippen LogP contribution in [0.1, 0.15) is 42.5 Å². The number of carbonyl (C=O) groups is 1. The monoisotopic (exact) mass is 353 g/mol. The highest BCUT2D eigenvalue weighted by atomic mass is 35.5. The first-order valence-corrected chi connectivity index (χ1v) is 8.79. The van der Waals surface area contributed by atoms with E-state index < -0.39 is 10.0 Å². The second-order valence-corrected chi connectivity index (χ2v) is 6.74. The molecule has 22 heavy (non-hydrogen) atoms. The van der Waals surface area contributed by atoms with Gasteiger partial charge >= 0.3 is 0 Å². The zero-order valence-corrected chi connectivity index (χ0v) is 14.4. The Bertz CT molecular complexity index is 559. The van der Waals surface area contributed by atoms with E-state index in [-0.39, 0.29) is 36.7 Å². The van der Waals surface area contributed by atoms with Crippen LogP contribution in [0.25, 0.3) is 0 Å². The summed E-state index contributed by atoms with van der Waals surface area (Å²) in [6, 6.07) is 3.00. The summed E-state index contributed by atoms with van der Waals surface area (Å²) in [6.07, 6.45) is 3.91. The summed E-state index contributed by atoms with van der Waals surface area (Å²) in [5.74, 6) is 0.186.